The average molecular weight is 269 g/mol. The van der Waals surface area contributed by atoms with Crippen molar-refractivity contribution in [3.05, 3.63) is 29.3 Å². The quantitative estimate of drug-likeness (QED) is 0.786. The molecular weight excluding hydrogens is 252 g/mol. The summed E-state index contributed by atoms with van der Waals surface area (Å²) in [5, 5.41) is 15.4. The number of amides is 2. The number of urea groups is 1. The smallest absolute Gasteiger partial charge is 0.319 e. The number of rotatable bonds is 4. The Morgan fingerprint density at radius 2 is 2.17 bits per heavy atom. The van der Waals surface area contributed by atoms with Gasteiger partial charge >= 0.3 is 6.03 Å². The van der Waals surface area contributed by atoms with Gasteiger partial charge in [0.05, 0.1) is 22.9 Å². The van der Waals surface area contributed by atoms with E-state index in [1.54, 1.807) is 24.3 Å². The van der Waals surface area contributed by atoms with E-state index in [1.807, 2.05) is 6.92 Å². The summed E-state index contributed by atoms with van der Waals surface area (Å²) < 4.78 is 0. The molecular formula is C13H17ClN2O2. The van der Waals surface area contributed by atoms with Gasteiger partial charge in [-0.1, -0.05) is 23.7 Å². The first-order valence-electron chi connectivity index (χ1n) is 6.00. The zero-order chi connectivity index (χ0) is 13.2. The zero-order valence-electron chi connectivity index (χ0n) is 10.2. The van der Waals surface area contributed by atoms with Gasteiger partial charge in [-0.05, 0) is 37.8 Å². The van der Waals surface area contributed by atoms with Crippen molar-refractivity contribution in [1.29, 1.82) is 0 Å². The van der Waals surface area contributed by atoms with Crippen LogP contribution in [0.2, 0.25) is 5.02 Å². The highest BCUT2D eigenvalue weighted by atomic mass is 35.5. The molecule has 0 aromatic heterocycles. The molecule has 4 nitrogen and oxygen atoms in total. The number of aliphatic hydroxyl groups is 1. The van der Waals surface area contributed by atoms with Crippen LogP contribution in [-0.4, -0.2) is 23.3 Å². The third-order valence-electron chi connectivity index (χ3n) is 3.33. The van der Waals surface area contributed by atoms with E-state index in [2.05, 4.69) is 10.6 Å². The van der Waals surface area contributed by atoms with Gasteiger partial charge in [0.15, 0.2) is 0 Å². The van der Waals surface area contributed by atoms with Gasteiger partial charge in [0, 0.05) is 0 Å². The lowest BCUT2D eigenvalue weighted by atomic mass is 9.97. The van der Waals surface area contributed by atoms with Crippen molar-refractivity contribution in [2.75, 3.05) is 11.9 Å². The molecule has 1 saturated carbocycles. The molecule has 1 aromatic rings. The fourth-order valence-corrected chi connectivity index (χ4v) is 2.15. The molecule has 2 amide bonds. The van der Waals surface area contributed by atoms with E-state index in [-0.39, 0.29) is 12.6 Å². The van der Waals surface area contributed by atoms with E-state index in [1.165, 1.54) is 0 Å². The maximum atomic E-state index is 11.9. The van der Waals surface area contributed by atoms with Crippen molar-refractivity contribution in [1.82, 2.24) is 5.32 Å². The van der Waals surface area contributed by atoms with E-state index >= 15 is 0 Å². The summed E-state index contributed by atoms with van der Waals surface area (Å²) in [4.78, 5) is 11.9. The van der Waals surface area contributed by atoms with Gasteiger partial charge < -0.3 is 15.7 Å². The molecule has 1 atom stereocenters. The van der Waals surface area contributed by atoms with Crippen molar-refractivity contribution in [3.63, 3.8) is 0 Å². The number of nitrogens with one attached hydrogen (secondary N) is 2. The van der Waals surface area contributed by atoms with Crippen LogP contribution in [0.5, 0.6) is 0 Å². The molecule has 3 N–H and O–H groups in total. The van der Waals surface area contributed by atoms with Crippen LogP contribution in [0, 0.1) is 5.92 Å². The average Bonchev–Trinajstić information content (AvgIpc) is 3.16. The highest BCUT2D eigenvalue weighted by Crippen LogP contribution is 2.39. The van der Waals surface area contributed by atoms with Gasteiger partial charge in [0.1, 0.15) is 0 Å². The minimum Gasteiger partial charge on any atom is -0.394 e. The minimum atomic E-state index is -0.550. The van der Waals surface area contributed by atoms with Gasteiger partial charge in [-0.25, -0.2) is 4.79 Å². The van der Waals surface area contributed by atoms with E-state index in [4.69, 9.17) is 11.6 Å². The number of carbonyl (C=O) groups is 1. The second-order valence-electron chi connectivity index (χ2n) is 4.91. The number of anilines is 1. The maximum Gasteiger partial charge on any atom is 0.319 e. The molecule has 18 heavy (non-hydrogen) atoms. The zero-order valence-corrected chi connectivity index (χ0v) is 11.0. The van der Waals surface area contributed by atoms with Crippen molar-refractivity contribution in [2.45, 2.75) is 25.3 Å². The summed E-state index contributed by atoms with van der Waals surface area (Å²) in [6.07, 6.45) is 2.09. The molecule has 0 radical (unpaired) electrons. The molecule has 1 unspecified atom stereocenters. The van der Waals surface area contributed by atoms with E-state index < -0.39 is 5.54 Å². The Morgan fingerprint density at radius 1 is 1.50 bits per heavy atom. The van der Waals surface area contributed by atoms with Crippen LogP contribution < -0.4 is 10.6 Å². The van der Waals surface area contributed by atoms with E-state index in [0.29, 0.717) is 16.6 Å². The molecule has 0 spiro atoms. The minimum absolute atomic E-state index is 0.0619. The normalized spacial score (nSPS) is 17.9. The second-order valence-corrected chi connectivity index (χ2v) is 5.32. The predicted octanol–water partition coefficient (Wildman–Crippen LogP) is 2.62. The van der Waals surface area contributed by atoms with Crippen molar-refractivity contribution >= 4 is 23.3 Å². The fourth-order valence-electron chi connectivity index (χ4n) is 1.97. The van der Waals surface area contributed by atoms with Gasteiger partial charge in [-0.15, -0.1) is 0 Å². The van der Waals surface area contributed by atoms with Gasteiger partial charge in [-0.3, -0.25) is 0 Å². The van der Waals surface area contributed by atoms with Crippen LogP contribution in [0.25, 0.3) is 0 Å². The summed E-state index contributed by atoms with van der Waals surface area (Å²) in [7, 11) is 0. The monoisotopic (exact) mass is 268 g/mol. The van der Waals surface area contributed by atoms with Gasteiger partial charge in [0.2, 0.25) is 0 Å². The van der Waals surface area contributed by atoms with Crippen molar-refractivity contribution < 1.29 is 9.90 Å². The first-order valence-corrected chi connectivity index (χ1v) is 6.37. The van der Waals surface area contributed by atoms with E-state index in [9.17, 15) is 9.90 Å². The lowest BCUT2D eigenvalue weighted by molar-refractivity contribution is 0.159. The summed E-state index contributed by atoms with van der Waals surface area (Å²) in [6, 6.07) is 6.70. The lowest BCUT2D eigenvalue weighted by Gasteiger charge is -2.28. The second kappa shape index (κ2) is 5.16. The number of hydrogen-bond donors (Lipinski definition) is 3. The fraction of sp³-hybridized carbons (Fsp3) is 0.462. The molecule has 1 fully saturated rings. The van der Waals surface area contributed by atoms with Crippen molar-refractivity contribution in [2.24, 2.45) is 5.92 Å². The SMILES string of the molecule is CC(CO)(NC(=O)Nc1ccccc1Cl)C1CC1. The highest BCUT2D eigenvalue weighted by Gasteiger charge is 2.42. The Morgan fingerprint density at radius 3 is 2.72 bits per heavy atom. The lowest BCUT2D eigenvalue weighted by Crippen LogP contribution is -2.52. The topological polar surface area (TPSA) is 61.4 Å². The number of benzene rings is 1. The highest BCUT2D eigenvalue weighted by molar-refractivity contribution is 6.33. The summed E-state index contributed by atoms with van der Waals surface area (Å²) in [5.41, 5.74) is 0.0125. The molecule has 0 aliphatic heterocycles. The third-order valence-corrected chi connectivity index (χ3v) is 3.66. The molecule has 98 valence electrons. The largest absolute Gasteiger partial charge is 0.394 e. The number of carbonyl (C=O) groups excluding carboxylic acids is 1. The van der Waals surface area contributed by atoms with Crippen LogP contribution in [0.1, 0.15) is 19.8 Å². The number of halogens is 1. The Bertz CT molecular complexity index is 448. The Labute approximate surface area is 111 Å². The Balaban J connectivity index is 1.98. The van der Waals surface area contributed by atoms with Gasteiger partial charge in [-0.2, -0.15) is 0 Å². The van der Waals surface area contributed by atoms with Gasteiger partial charge in [0.25, 0.3) is 0 Å². The van der Waals surface area contributed by atoms with Crippen LogP contribution in [0.4, 0.5) is 10.5 Å². The molecule has 2 rings (SSSR count). The molecule has 0 heterocycles. The van der Waals surface area contributed by atoms with Crippen molar-refractivity contribution in [3.8, 4) is 0 Å². The third kappa shape index (κ3) is 2.94. The van der Waals surface area contributed by atoms with Crippen LogP contribution in [-0.2, 0) is 0 Å². The summed E-state index contributed by atoms with van der Waals surface area (Å²) in [5.74, 6) is 0.361. The van der Waals surface area contributed by atoms with Crippen LogP contribution in [0.15, 0.2) is 24.3 Å². The standard InChI is InChI=1S/C13H17ClN2O2/c1-13(8-17,9-6-7-9)16-12(18)15-11-5-3-2-4-10(11)14/h2-5,9,17H,6-8H2,1H3,(H2,15,16,18). The first-order chi connectivity index (χ1) is 8.55. The molecule has 1 aliphatic carbocycles. The molecule has 1 aromatic carbocycles. The molecule has 5 heteroatoms. The summed E-state index contributed by atoms with van der Waals surface area (Å²) in [6.45, 7) is 1.80. The Kier molecular flexibility index (Phi) is 3.78. The van der Waals surface area contributed by atoms with Crippen LogP contribution in [0.3, 0.4) is 0 Å². The number of para-hydroxylation sites is 1. The first kappa shape index (κ1) is 13.2. The molecule has 0 saturated heterocycles. The predicted molar refractivity (Wildman–Crippen MR) is 71.8 cm³/mol. The summed E-state index contributed by atoms with van der Waals surface area (Å²) >= 11 is 5.96. The molecule has 0 bridgehead atoms. The number of hydrogen-bond acceptors (Lipinski definition) is 2. The Hall–Kier alpha value is -1.26. The number of aliphatic hydroxyl groups excluding tert-OH is 1. The maximum absolute atomic E-state index is 11.9. The van der Waals surface area contributed by atoms with E-state index in [0.717, 1.165) is 12.8 Å². The van der Waals surface area contributed by atoms with Crippen LogP contribution >= 0.6 is 11.6 Å². The molecule has 1 aliphatic rings.